The Balaban J connectivity index is -0.0000000153. The van der Waals surface area contributed by atoms with Crippen molar-refractivity contribution in [2.24, 2.45) is 0 Å². The van der Waals surface area contributed by atoms with Crippen molar-refractivity contribution in [2.45, 2.75) is 0 Å². The fourth-order valence-electron chi connectivity index (χ4n) is 0. The van der Waals surface area contributed by atoms with Crippen molar-refractivity contribution in [2.75, 3.05) is 0 Å². The third-order valence-electron chi connectivity index (χ3n) is 0. The van der Waals surface area contributed by atoms with Crippen LogP contribution in [0, 0.1) is 0 Å². The number of hydrogen-bond acceptors (Lipinski definition) is 10. The first-order valence-electron chi connectivity index (χ1n) is 6.51. The third-order valence-corrected chi connectivity index (χ3v) is 0. The van der Waals surface area contributed by atoms with Gasteiger partial charge in [0.05, 0.1) is 0 Å². The van der Waals surface area contributed by atoms with Gasteiger partial charge in [0.25, 0.3) is 0 Å². The van der Waals surface area contributed by atoms with Gasteiger partial charge >= 0.3 is 269 Å². The molecule has 0 spiro atoms. The molecule has 0 atom stereocenters. The fourth-order valence-corrected chi connectivity index (χ4v) is 0. The molecule has 0 unspecified atom stereocenters. The average Bonchev–Trinajstić information content (AvgIpc) is 2.47. The Labute approximate surface area is 402 Å². The van der Waals surface area contributed by atoms with Crippen molar-refractivity contribution in [1.82, 2.24) is 0 Å². The van der Waals surface area contributed by atoms with Crippen LogP contribution in [0.15, 0.2) is 0 Å². The molecule has 0 rings (SSSR count). The second-order valence-corrected chi connectivity index (χ2v) is 8.48. The summed E-state index contributed by atoms with van der Waals surface area (Å²) in [7, 11) is -31.3. The Morgan fingerprint density at radius 2 is 0.152 bits per heavy atom. The van der Waals surface area contributed by atoms with E-state index in [0.717, 1.165) is 0 Å². The van der Waals surface area contributed by atoms with Crippen LogP contribution in [0.1, 0.15) is 0 Å². The van der Waals surface area contributed by atoms with Crippen molar-refractivity contribution in [3.8, 4) is 0 Å². The number of hydrogen-bond donors (Lipinski definition) is 20. The molecular weight excluding hydrogens is 899 g/mol. The molecule has 0 bridgehead atoms. The molecule has 46 heavy (non-hydrogen) atoms. The van der Waals surface area contributed by atoms with E-state index in [-0.39, 0.29) is 177 Å². The van der Waals surface area contributed by atoms with Gasteiger partial charge in [0.2, 0.25) is 0 Å². The zero-order valence-electron chi connectivity index (χ0n) is 18.0. The second-order valence-electron chi connectivity index (χ2n) is 2.83. The van der Waals surface area contributed by atoms with E-state index in [1.54, 1.807) is 0 Å². The Morgan fingerprint density at radius 3 is 0.152 bits per heavy atom. The Bertz CT molecular complexity index is 488. The van der Waals surface area contributed by atoms with Gasteiger partial charge in [-0.2, -0.15) is 0 Å². The molecule has 0 aromatic heterocycles. The van der Waals surface area contributed by atoms with Crippen molar-refractivity contribution in [3.05, 3.63) is 0 Å². The molecule has 0 fully saturated rings. The van der Waals surface area contributed by atoms with Crippen LogP contribution in [0.5, 0.6) is 0 Å². The molecule has 20 N–H and O–H groups in total. The summed E-state index contributed by atoms with van der Waals surface area (Å²) in [5, 5.41) is 0. The Kier molecular flexibility index (Phi) is 219. The summed E-state index contributed by atoms with van der Waals surface area (Å²) in [6.07, 6.45) is 0. The van der Waals surface area contributed by atoms with E-state index < -0.39 is 91.7 Å². The van der Waals surface area contributed by atoms with Crippen LogP contribution in [0.25, 0.3) is 0 Å². The second kappa shape index (κ2) is 97.2. The van der Waals surface area contributed by atoms with Crippen LogP contribution >= 0.6 is 0 Å². The predicted molar refractivity (Wildman–Crippen MR) is 152 cm³/mol. The van der Waals surface area contributed by atoms with Gasteiger partial charge in [-0.15, -0.1) is 0 Å². The summed E-state index contributed by atoms with van der Waals surface area (Å²) in [6.45, 7) is 0. The first-order chi connectivity index (χ1) is 17.3. The van der Waals surface area contributed by atoms with E-state index in [2.05, 4.69) is 0 Å². The third kappa shape index (κ3) is 20000. The van der Waals surface area contributed by atoms with Gasteiger partial charge < -0.3 is 95.9 Å². The van der Waals surface area contributed by atoms with E-state index in [0.29, 0.717) is 0 Å². The standard InChI is InChI=1S/6Na.10H2O3Si.6H/c;;;;;;10*1-4(2)3;;;;;;/h;;;;;;10*1-2H;;;;;;. The molecule has 0 saturated heterocycles. The van der Waals surface area contributed by atoms with Crippen LogP contribution in [0.2, 0.25) is 0 Å². The van der Waals surface area contributed by atoms with Gasteiger partial charge in [-0.25, -0.2) is 0 Å². The van der Waals surface area contributed by atoms with Gasteiger partial charge in [-0.1, -0.05) is 0 Å². The summed E-state index contributed by atoms with van der Waals surface area (Å²) in [4.78, 5) is 143. The van der Waals surface area contributed by atoms with Gasteiger partial charge in [-0.3, -0.25) is 44.6 Å². The Morgan fingerprint density at radius 1 is 0.152 bits per heavy atom. The van der Waals surface area contributed by atoms with E-state index >= 15 is 0 Å². The number of rotatable bonds is 0. The van der Waals surface area contributed by atoms with E-state index in [1.165, 1.54) is 0 Å². The van der Waals surface area contributed by atoms with Crippen LogP contribution in [-0.2, 0) is 44.6 Å². The molecule has 0 aliphatic rings. The summed E-state index contributed by atoms with van der Waals surface area (Å²) < 4.78 is 87.4. The van der Waals surface area contributed by atoms with Crippen LogP contribution in [-0.4, -0.2) is 365 Å². The summed E-state index contributed by atoms with van der Waals surface area (Å²) in [5.41, 5.74) is 0. The Hall–Kier alpha value is 2.17. The summed E-state index contributed by atoms with van der Waals surface area (Å²) in [6, 6.07) is 0. The summed E-state index contributed by atoms with van der Waals surface area (Å²) in [5.74, 6) is 0. The first kappa shape index (κ1) is 104. The normalized spacial score (nSPS) is 5.22. The molecular formula is H26Na6O30Si10. The van der Waals surface area contributed by atoms with E-state index in [4.69, 9.17) is 141 Å². The monoisotopic (exact) mass is 924 g/mol. The van der Waals surface area contributed by atoms with Crippen LogP contribution in [0.4, 0.5) is 0 Å². The van der Waals surface area contributed by atoms with Crippen molar-refractivity contribution >= 4 is 269 Å². The first-order valence-corrected chi connectivity index (χ1v) is 19.5. The molecule has 0 heterocycles. The molecule has 30 nitrogen and oxygen atoms in total. The average molecular weight is 925 g/mol. The molecule has 46 heteroatoms. The van der Waals surface area contributed by atoms with E-state index in [1.807, 2.05) is 0 Å². The summed E-state index contributed by atoms with van der Waals surface area (Å²) >= 11 is 0. The molecule has 0 amide bonds. The predicted octanol–water partition coefficient (Wildman–Crippen LogP) is -20.0. The SMILES string of the molecule is O=[Si](O)O.O=[Si](O)O.O=[Si](O)O.O=[Si](O)O.O=[Si](O)O.O=[Si](O)O.O=[Si](O)O.O=[Si](O)O.O=[Si](O)O.O=[Si](O)O.[NaH].[NaH].[NaH].[NaH].[NaH].[NaH]. The van der Waals surface area contributed by atoms with E-state index in [9.17, 15) is 0 Å². The van der Waals surface area contributed by atoms with Crippen molar-refractivity contribution in [3.63, 3.8) is 0 Å². The van der Waals surface area contributed by atoms with Crippen molar-refractivity contribution < 1.29 is 141 Å². The molecule has 0 aromatic carbocycles. The maximum absolute atomic E-state index is 8.74. The molecule has 0 aliphatic heterocycles. The van der Waals surface area contributed by atoms with Crippen LogP contribution in [0.3, 0.4) is 0 Å². The van der Waals surface area contributed by atoms with Crippen molar-refractivity contribution in [1.29, 1.82) is 0 Å². The minimum atomic E-state index is -3.13. The zero-order chi connectivity index (χ0) is 35.8. The molecule has 0 aliphatic carbocycles. The quantitative estimate of drug-likeness (QED) is 0.100. The van der Waals surface area contributed by atoms with Gasteiger partial charge in [0.15, 0.2) is 0 Å². The van der Waals surface area contributed by atoms with Gasteiger partial charge in [0.1, 0.15) is 0 Å². The topological polar surface area (TPSA) is 575 Å². The van der Waals surface area contributed by atoms with Gasteiger partial charge in [0, 0.05) is 0 Å². The van der Waals surface area contributed by atoms with Gasteiger partial charge in [-0.05, 0) is 0 Å². The molecule has 0 aromatic rings. The van der Waals surface area contributed by atoms with Crippen LogP contribution < -0.4 is 0 Å². The molecule has 252 valence electrons. The minimum absolute atomic E-state index is 0. The molecule has 0 saturated carbocycles. The molecule has 0 radical (unpaired) electrons. The maximum atomic E-state index is 8.74. The zero-order valence-corrected chi connectivity index (χ0v) is 28.0. The fraction of sp³-hybridized carbons (Fsp3) is 0.